The van der Waals surface area contributed by atoms with E-state index in [-0.39, 0.29) is 6.61 Å². The molecule has 129 valence electrons. The predicted octanol–water partition coefficient (Wildman–Crippen LogP) is 3.51. The number of ether oxygens (including phenoxy) is 3. The number of rotatable bonds is 8. The van der Waals surface area contributed by atoms with E-state index in [2.05, 4.69) is 12.6 Å². The molecule has 0 aliphatic rings. The maximum absolute atomic E-state index is 12.4. The van der Waals surface area contributed by atoms with Crippen LogP contribution in [0.4, 0.5) is 0 Å². The van der Waals surface area contributed by atoms with Crippen molar-refractivity contribution in [1.82, 2.24) is 0 Å². The summed E-state index contributed by atoms with van der Waals surface area (Å²) in [5.74, 6) is -0.104. The number of hydrogen-bond acceptors (Lipinski definition) is 5. The Morgan fingerprint density at radius 1 is 1.20 bits per heavy atom. The van der Waals surface area contributed by atoms with Gasteiger partial charge < -0.3 is 14.2 Å². The molecule has 0 bridgehead atoms. The molecule has 0 aliphatic heterocycles. The van der Waals surface area contributed by atoms with E-state index in [1.807, 2.05) is 6.92 Å². The minimum atomic E-state index is -0.501. The molecule has 25 heavy (non-hydrogen) atoms. The highest BCUT2D eigenvalue weighted by Gasteiger charge is 2.14. The molecule has 0 amide bonds. The fraction of sp³-hybridized carbons (Fsp3) is 0.200. The number of para-hydroxylation sites is 1. The van der Waals surface area contributed by atoms with E-state index in [9.17, 15) is 9.59 Å². The van der Waals surface area contributed by atoms with E-state index in [1.54, 1.807) is 42.5 Å². The topological polar surface area (TPSA) is 61.8 Å². The van der Waals surface area contributed by atoms with Gasteiger partial charge in [0.15, 0.2) is 0 Å². The van der Waals surface area contributed by atoms with E-state index in [1.165, 1.54) is 0 Å². The first-order valence-corrected chi connectivity index (χ1v) is 7.81. The molecule has 5 heteroatoms. The van der Waals surface area contributed by atoms with Gasteiger partial charge in [-0.2, -0.15) is 0 Å². The van der Waals surface area contributed by atoms with Gasteiger partial charge in [0.1, 0.15) is 17.1 Å². The molecule has 0 atom stereocenters. The quantitative estimate of drug-likeness (QED) is 0.319. The van der Waals surface area contributed by atoms with E-state index in [0.717, 1.165) is 11.6 Å². The van der Waals surface area contributed by atoms with Crippen LogP contribution in [0.1, 0.15) is 22.3 Å². The van der Waals surface area contributed by atoms with Crippen molar-refractivity contribution in [2.45, 2.75) is 13.3 Å². The highest BCUT2D eigenvalue weighted by Crippen LogP contribution is 2.21. The summed E-state index contributed by atoms with van der Waals surface area (Å²) in [5, 5.41) is 0. The molecule has 0 unspecified atom stereocenters. The number of aryl methyl sites for hydroxylation is 1. The summed E-state index contributed by atoms with van der Waals surface area (Å²) in [7, 11) is 0. The normalized spacial score (nSPS) is 9.96. The molecule has 5 nitrogen and oxygen atoms in total. The fourth-order valence-electron chi connectivity index (χ4n) is 2.02. The lowest BCUT2D eigenvalue weighted by molar-refractivity contribution is -0.137. The average Bonchev–Trinajstić information content (AvgIpc) is 2.61. The van der Waals surface area contributed by atoms with Crippen LogP contribution < -0.4 is 9.47 Å². The second-order valence-electron chi connectivity index (χ2n) is 5.17. The van der Waals surface area contributed by atoms with E-state index < -0.39 is 11.9 Å². The molecule has 0 N–H and O–H groups in total. The van der Waals surface area contributed by atoms with Crippen LogP contribution in [0.25, 0.3) is 0 Å². The summed E-state index contributed by atoms with van der Waals surface area (Å²) in [6, 6.07) is 14.9. The zero-order chi connectivity index (χ0) is 18.1. The summed E-state index contributed by atoms with van der Waals surface area (Å²) in [4.78, 5) is 23.3. The monoisotopic (exact) mass is 339 g/mol. The van der Waals surface area contributed by atoms with Crippen LogP contribution in [0.3, 0.4) is 0 Å². The van der Waals surface area contributed by atoms with Crippen molar-refractivity contribution in [1.29, 1.82) is 0 Å². The summed E-state index contributed by atoms with van der Waals surface area (Å²) >= 11 is 0. The Morgan fingerprint density at radius 3 is 2.76 bits per heavy atom. The third kappa shape index (κ3) is 5.80. The molecule has 2 rings (SSSR count). The summed E-state index contributed by atoms with van der Waals surface area (Å²) in [5.41, 5.74) is 1.21. The molecule has 0 heterocycles. The highest BCUT2D eigenvalue weighted by atomic mass is 16.5. The summed E-state index contributed by atoms with van der Waals surface area (Å²) < 4.78 is 15.9. The van der Waals surface area contributed by atoms with Crippen molar-refractivity contribution in [2.75, 3.05) is 13.2 Å². The number of benzene rings is 2. The van der Waals surface area contributed by atoms with Gasteiger partial charge in [-0.3, -0.25) is 0 Å². The Labute approximate surface area is 146 Å². The fourth-order valence-corrected chi connectivity index (χ4v) is 2.02. The Hall–Kier alpha value is -3.08. The third-order valence-corrected chi connectivity index (χ3v) is 3.19. The van der Waals surface area contributed by atoms with Crippen LogP contribution in [0.2, 0.25) is 0 Å². The Morgan fingerprint density at radius 2 is 2.00 bits per heavy atom. The van der Waals surface area contributed by atoms with Crippen LogP contribution in [0, 0.1) is 13.0 Å². The number of carbonyl (C=O) groups excluding carboxylic acids is 2. The smallest absolute Gasteiger partial charge is 0.347 e. The van der Waals surface area contributed by atoms with Crippen molar-refractivity contribution in [3.63, 3.8) is 0 Å². The molecule has 0 aliphatic carbocycles. The maximum atomic E-state index is 12.4. The second kappa shape index (κ2) is 9.27. The number of hydrogen-bond donors (Lipinski definition) is 0. The molecule has 2 aromatic carbocycles. The zero-order valence-electron chi connectivity index (χ0n) is 14.0. The van der Waals surface area contributed by atoms with Crippen LogP contribution in [-0.2, 0) is 9.53 Å². The van der Waals surface area contributed by atoms with Crippen LogP contribution in [-0.4, -0.2) is 25.2 Å². The summed E-state index contributed by atoms with van der Waals surface area (Å²) in [6.45, 7) is 5.71. The highest BCUT2D eigenvalue weighted by molar-refractivity contribution is 5.94. The predicted molar refractivity (Wildman–Crippen MR) is 92.7 cm³/mol. The minimum Gasteiger partial charge on any atom is -0.493 e. The van der Waals surface area contributed by atoms with Crippen molar-refractivity contribution < 1.29 is 23.8 Å². The van der Waals surface area contributed by atoms with E-state index >= 15 is 0 Å². The lowest BCUT2D eigenvalue weighted by Crippen LogP contribution is -2.12. The number of carbonyl (C=O) groups is 2. The minimum absolute atomic E-state index is 0.220. The molecule has 0 aromatic heterocycles. The lowest BCUT2D eigenvalue weighted by Gasteiger charge is -2.11. The third-order valence-electron chi connectivity index (χ3n) is 3.19. The largest absolute Gasteiger partial charge is 0.493 e. The zero-order valence-corrected chi connectivity index (χ0v) is 14.0. The Balaban J connectivity index is 1.94. The molecule has 0 fully saturated rings. The molecule has 0 spiro atoms. The van der Waals surface area contributed by atoms with Crippen LogP contribution in [0.15, 0.2) is 55.1 Å². The van der Waals surface area contributed by atoms with Crippen LogP contribution in [0.5, 0.6) is 11.5 Å². The van der Waals surface area contributed by atoms with Gasteiger partial charge >= 0.3 is 11.9 Å². The SMILES string of the molecule is C=CC(=O)OCCCOc1ccccc1C(=O)Oc1cc[c]c(C)c1. The van der Waals surface area contributed by atoms with Gasteiger partial charge in [0.05, 0.1) is 13.2 Å². The molecule has 2 aromatic rings. The van der Waals surface area contributed by atoms with Gasteiger partial charge in [-0.25, -0.2) is 9.59 Å². The first-order valence-electron chi connectivity index (χ1n) is 7.81. The molecule has 1 radical (unpaired) electrons. The Bertz CT molecular complexity index is 751. The van der Waals surface area contributed by atoms with Crippen LogP contribution >= 0.6 is 0 Å². The van der Waals surface area contributed by atoms with Gasteiger partial charge in [0, 0.05) is 12.5 Å². The van der Waals surface area contributed by atoms with Crippen molar-refractivity contribution in [3.05, 3.63) is 72.3 Å². The van der Waals surface area contributed by atoms with E-state index in [4.69, 9.17) is 14.2 Å². The molecule has 0 saturated carbocycles. The first-order chi connectivity index (χ1) is 12.1. The molecule has 0 saturated heterocycles. The van der Waals surface area contributed by atoms with Gasteiger partial charge in [-0.1, -0.05) is 24.8 Å². The summed E-state index contributed by atoms with van der Waals surface area (Å²) in [6.07, 6.45) is 1.60. The standard InChI is InChI=1S/C20H19O5/c1-3-19(21)24-13-7-12-23-18-11-5-4-10-17(18)20(22)25-16-9-6-8-15(2)14-16/h3-6,9-11,14H,1,7,12-13H2,2H3. The van der Waals surface area contributed by atoms with Crippen molar-refractivity contribution >= 4 is 11.9 Å². The molecular formula is C20H19O5. The first kappa shape index (κ1) is 18.3. The van der Waals surface area contributed by atoms with Crippen molar-refractivity contribution in [3.8, 4) is 11.5 Å². The van der Waals surface area contributed by atoms with Gasteiger partial charge in [-0.05, 0) is 42.8 Å². The maximum Gasteiger partial charge on any atom is 0.347 e. The molecular weight excluding hydrogens is 320 g/mol. The van der Waals surface area contributed by atoms with E-state index in [0.29, 0.717) is 30.1 Å². The van der Waals surface area contributed by atoms with Gasteiger partial charge in [0.2, 0.25) is 0 Å². The average molecular weight is 339 g/mol. The lowest BCUT2D eigenvalue weighted by atomic mass is 10.2. The van der Waals surface area contributed by atoms with Gasteiger partial charge in [0.25, 0.3) is 0 Å². The Kier molecular flexibility index (Phi) is 6.77. The van der Waals surface area contributed by atoms with Gasteiger partial charge in [-0.15, -0.1) is 0 Å². The number of esters is 2. The van der Waals surface area contributed by atoms with Crippen molar-refractivity contribution in [2.24, 2.45) is 0 Å². The second-order valence-corrected chi connectivity index (χ2v) is 5.17.